The Bertz CT molecular complexity index is 1210. The van der Waals surface area contributed by atoms with Crippen molar-refractivity contribution in [1.82, 2.24) is 5.32 Å². The number of carbonyl (C=O) groups is 1. The molecule has 0 saturated carbocycles. The summed E-state index contributed by atoms with van der Waals surface area (Å²) in [5.41, 5.74) is 3.86. The first kappa shape index (κ1) is 22.4. The highest BCUT2D eigenvalue weighted by atomic mass is 127. The van der Waals surface area contributed by atoms with Crippen molar-refractivity contribution in [3.63, 3.8) is 0 Å². The van der Waals surface area contributed by atoms with E-state index in [-0.39, 0.29) is 5.91 Å². The fourth-order valence-electron chi connectivity index (χ4n) is 3.08. The highest BCUT2D eigenvalue weighted by molar-refractivity contribution is 14.1. The zero-order valence-corrected chi connectivity index (χ0v) is 20.6. The number of amides is 1. The molecule has 4 rings (SSSR count). The molecule has 0 aliphatic carbocycles. The van der Waals surface area contributed by atoms with Gasteiger partial charge >= 0.3 is 0 Å². The Morgan fingerprint density at radius 3 is 2.62 bits per heavy atom. The maximum Gasteiger partial charge on any atom is 0.264 e. The summed E-state index contributed by atoms with van der Waals surface area (Å²) in [6.45, 7) is 2.46. The van der Waals surface area contributed by atoms with Crippen LogP contribution in [0.1, 0.15) is 16.7 Å². The molecule has 1 aliphatic heterocycles. The van der Waals surface area contributed by atoms with Crippen LogP contribution in [0.25, 0.3) is 6.08 Å². The SMILES string of the molecule is COc1cc(/C=C2\SC(=Nc3cccc(C)c3)NC2=O)ccc1OCc1ccc(I)cc1. The Labute approximate surface area is 205 Å². The number of rotatable bonds is 6. The molecule has 5 nitrogen and oxygen atoms in total. The number of aryl methyl sites for hydroxylation is 1. The molecule has 0 spiro atoms. The number of halogens is 1. The number of amidine groups is 1. The molecule has 7 heteroatoms. The molecule has 1 fully saturated rings. The summed E-state index contributed by atoms with van der Waals surface area (Å²) in [4.78, 5) is 17.5. The highest BCUT2D eigenvalue weighted by Gasteiger charge is 2.24. The van der Waals surface area contributed by atoms with Gasteiger partial charge < -0.3 is 14.8 Å². The molecule has 0 aromatic heterocycles. The minimum Gasteiger partial charge on any atom is -0.493 e. The van der Waals surface area contributed by atoms with E-state index in [1.807, 2.05) is 79.7 Å². The summed E-state index contributed by atoms with van der Waals surface area (Å²) in [7, 11) is 1.60. The van der Waals surface area contributed by atoms with E-state index in [1.54, 1.807) is 7.11 Å². The van der Waals surface area contributed by atoms with E-state index in [2.05, 4.69) is 32.9 Å². The van der Waals surface area contributed by atoms with E-state index >= 15 is 0 Å². The van der Waals surface area contributed by atoms with Crippen molar-refractivity contribution in [1.29, 1.82) is 0 Å². The van der Waals surface area contributed by atoms with Crippen LogP contribution in [0, 0.1) is 10.5 Å². The first-order valence-electron chi connectivity index (χ1n) is 9.92. The molecule has 1 N–H and O–H groups in total. The van der Waals surface area contributed by atoms with Crippen LogP contribution in [0.3, 0.4) is 0 Å². The lowest BCUT2D eigenvalue weighted by atomic mass is 10.2. The van der Waals surface area contributed by atoms with E-state index in [4.69, 9.17) is 9.47 Å². The summed E-state index contributed by atoms with van der Waals surface area (Å²) in [5, 5.41) is 3.39. The summed E-state index contributed by atoms with van der Waals surface area (Å²) < 4.78 is 12.6. The minimum atomic E-state index is -0.167. The van der Waals surface area contributed by atoms with Crippen LogP contribution in [0.15, 0.2) is 76.6 Å². The van der Waals surface area contributed by atoms with Crippen LogP contribution >= 0.6 is 34.4 Å². The first-order valence-corrected chi connectivity index (χ1v) is 11.8. The largest absolute Gasteiger partial charge is 0.493 e. The molecule has 32 heavy (non-hydrogen) atoms. The molecule has 0 bridgehead atoms. The number of carbonyl (C=O) groups excluding carboxylic acids is 1. The minimum absolute atomic E-state index is 0.167. The normalized spacial score (nSPS) is 15.8. The third-order valence-corrected chi connectivity index (χ3v) is 6.31. The predicted octanol–water partition coefficient (Wildman–Crippen LogP) is 6.08. The third-order valence-electron chi connectivity index (χ3n) is 4.68. The van der Waals surface area contributed by atoms with Crippen molar-refractivity contribution in [3.05, 3.63) is 91.9 Å². The van der Waals surface area contributed by atoms with Crippen LogP contribution in [-0.4, -0.2) is 18.2 Å². The quantitative estimate of drug-likeness (QED) is 0.296. The zero-order chi connectivity index (χ0) is 22.5. The van der Waals surface area contributed by atoms with Gasteiger partial charge in [0.1, 0.15) is 6.61 Å². The maximum absolute atomic E-state index is 12.4. The van der Waals surface area contributed by atoms with Gasteiger partial charge in [0.2, 0.25) is 0 Å². The van der Waals surface area contributed by atoms with Gasteiger partial charge in [-0.15, -0.1) is 0 Å². The molecule has 3 aromatic rings. The van der Waals surface area contributed by atoms with Gasteiger partial charge in [0, 0.05) is 3.57 Å². The zero-order valence-electron chi connectivity index (χ0n) is 17.6. The van der Waals surface area contributed by atoms with Crippen LogP contribution in [0.2, 0.25) is 0 Å². The smallest absolute Gasteiger partial charge is 0.264 e. The van der Waals surface area contributed by atoms with E-state index < -0.39 is 0 Å². The Kier molecular flexibility index (Phi) is 7.16. The summed E-state index contributed by atoms with van der Waals surface area (Å²) >= 11 is 3.60. The van der Waals surface area contributed by atoms with E-state index in [1.165, 1.54) is 15.3 Å². The summed E-state index contributed by atoms with van der Waals surface area (Å²) in [5.74, 6) is 1.10. The Balaban J connectivity index is 1.48. The monoisotopic (exact) mass is 556 g/mol. The van der Waals surface area contributed by atoms with E-state index in [0.29, 0.717) is 28.2 Å². The molecule has 1 saturated heterocycles. The number of nitrogens with zero attached hydrogens (tertiary/aromatic N) is 1. The molecule has 162 valence electrons. The number of nitrogens with one attached hydrogen (secondary N) is 1. The van der Waals surface area contributed by atoms with Crippen molar-refractivity contribution in [2.24, 2.45) is 4.99 Å². The van der Waals surface area contributed by atoms with Gasteiger partial charge in [-0.05, 0) is 100 Å². The van der Waals surface area contributed by atoms with Crippen molar-refractivity contribution >= 4 is 57.2 Å². The van der Waals surface area contributed by atoms with Crippen molar-refractivity contribution in [2.75, 3.05) is 7.11 Å². The number of methoxy groups -OCH3 is 1. The van der Waals surface area contributed by atoms with Gasteiger partial charge in [-0.3, -0.25) is 4.79 Å². The Morgan fingerprint density at radius 2 is 1.88 bits per heavy atom. The van der Waals surface area contributed by atoms with Crippen LogP contribution < -0.4 is 14.8 Å². The maximum atomic E-state index is 12.4. The molecule has 1 aliphatic rings. The average Bonchev–Trinajstić information content (AvgIpc) is 3.12. The third kappa shape index (κ3) is 5.72. The second kappa shape index (κ2) is 10.2. The fourth-order valence-corrected chi connectivity index (χ4v) is 4.28. The standard InChI is InChI=1S/C25H21IN2O3S/c1-16-4-3-5-20(12-16)27-25-28-24(29)23(32-25)14-18-8-11-21(22(13-18)30-2)31-15-17-6-9-19(26)10-7-17/h3-14H,15H2,1-2H3,(H,27,28,29)/b23-14-. The molecule has 0 atom stereocenters. The summed E-state index contributed by atoms with van der Waals surface area (Å²) in [6, 6.07) is 21.6. The average molecular weight is 556 g/mol. The number of ether oxygens (including phenoxy) is 2. The van der Waals surface area contributed by atoms with Crippen LogP contribution in [0.5, 0.6) is 11.5 Å². The topological polar surface area (TPSA) is 59.9 Å². The lowest BCUT2D eigenvalue weighted by Gasteiger charge is -2.11. The molecule has 0 unspecified atom stereocenters. The number of aliphatic imine (C=N–C) groups is 1. The van der Waals surface area contributed by atoms with E-state index in [0.717, 1.165) is 22.4 Å². The number of thioether (sulfide) groups is 1. The van der Waals surface area contributed by atoms with Gasteiger partial charge in [-0.2, -0.15) is 0 Å². The summed E-state index contributed by atoms with van der Waals surface area (Å²) in [6.07, 6.45) is 1.82. The van der Waals surface area contributed by atoms with E-state index in [9.17, 15) is 4.79 Å². The number of hydrogen-bond donors (Lipinski definition) is 1. The molecule has 3 aromatic carbocycles. The number of benzene rings is 3. The highest BCUT2D eigenvalue weighted by Crippen LogP contribution is 2.32. The Morgan fingerprint density at radius 1 is 1.06 bits per heavy atom. The van der Waals surface area contributed by atoms with Gasteiger partial charge in [-0.25, -0.2) is 4.99 Å². The van der Waals surface area contributed by atoms with Gasteiger partial charge in [0.25, 0.3) is 5.91 Å². The fraction of sp³-hybridized carbons (Fsp3) is 0.120. The molecule has 1 heterocycles. The second-order valence-corrected chi connectivity index (χ2v) is 9.42. The van der Waals surface area contributed by atoms with Crippen LogP contribution in [-0.2, 0) is 11.4 Å². The lowest BCUT2D eigenvalue weighted by molar-refractivity contribution is -0.115. The van der Waals surface area contributed by atoms with Crippen molar-refractivity contribution in [3.8, 4) is 11.5 Å². The first-order chi connectivity index (χ1) is 15.5. The van der Waals surface area contributed by atoms with Gasteiger partial charge in [0.15, 0.2) is 16.7 Å². The lowest BCUT2D eigenvalue weighted by Crippen LogP contribution is -2.19. The molecule has 1 amide bonds. The second-order valence-electron chi connectivity index (χ2n) is 7.15. The Hall–Kier alpha value is -2.78. The van der Waals surface area contributed by atoms with Gasteiger partial charge in [-0.1, -0.05) is 30.3 Å². The predicted molar refractivity (Wildman–Crippen MR) is 138 cm³/mol. The van der Waals surface area contributed by atoms with Crippen molar-refractivity contribution < 1.29 is 14.3 Å². The van der Waals surface area contributed by atoms with Crippen molar-refractivity contribution in [2.45, 2.75) is 13.5 Å². The van der Waals surface area contributed by atoms with Gasteiger partial charge in [0.05, 0.1) is 17.7 Å². The molecule has 0 radical (unpaired) electrons. The van der Waals surface area contributed by atoms with Crippen LogP contribution in [0.4, 0.5) is 5.69 Å². The molecular weight excluding hydrogens is 535 g/mol. The number of hydrogen-bond acceptors (Lipinski definition) is 5. The molecular formula is C25H21IN2O3S.